The van der Waals surface area contributed by atoms with E-state index in [4.69, 9.17) is 15.1 Å². The normalized spacial score (nSPS) is 11.8. The molecule has 108 valence electrons. The molecular weight excluding hydrogens is 290 g/mol. The van der Waals surface area contributed by atoms with E-state index in [1.807, 2.05) is 0 Å². The van der Waals surface area contributed by atoms with Crippen LogP contribution in [-0.4, -0.2) is 20.9 Å². The van der Waals surface area contributed by atoms with Crippen LogP contribution in [0.2, 0.25) is 0 Å². The predicted octanol–water partition coefficient (Wildman–Crippen LogP) is 2.68. The molecule has 0 aliphatic heterocycles. The minimum absolute atomic E-state index is 0.0392. The molecule has 0 aliphatic carbocycles. The minimum atomic E-state index is -3.89. The Balaban J connectivity index is 2.79. The van der Waals surface area contributed by atoms with Crippen LogP contribution in [0, 0.1) is 12.8 Å². The molecule has 1 N–H and O–H groups in total. The lowest BCUT2D eigenvalue weighted by Crippen LogP contribution is -2.28. The van der Waals surface area contributed by atoms with E-state index in [1.165, 1.54) is 6.92 Å². The molecule has 19 heavy (non-hydrogen) atoms. The maximum atomic E-state index is 11.8. The first kappa shape index (κ1) is 16.0. The topological polar surface area (TPSA) is 76.4 Å². The number of hydrogen-bond donors (Lipinski definition) is 1. The molecule has 0 spiro atoms. The second kappa shape index (κ2) is 6.43. The van der Waals surface area contributed by atoms with Crippen molar-refractivity contribution in [2.75, 3.05) is 6.54 Å². The van der Waals surface area contributed by atoms with Crippen molar-refractivity contribution in [1.82, 2.24) is 5.32 Å². The molecular formula is C12H18ClNO4S. The van der Waals surface area contributed by atoms with Gasteiger partial charge in [-0.05, 0) is 12.8 Å². The van der Waals surface area contributed by atoms with Crippen molar-refractivity contribution in [3.05, 3.63) is 17.6 Å². The fraction of sp³-hybridized carbons (Fsp3) is 0.583. The number of furan rings is 1. The molecule has 0 unspecified atom stereocenters. The summed E-state index contributed by atoms with van der Waals surface area (Å²) < 4.78 is 27.6. The van der Waals surface area contributed by atoms with Gasteiger partial charge < -0.3 is 9.73 Å². The second-order valence-corrected chi connectivity index (χ2v) is 6.90. The van der Waals surface area contributed by atoms with E-state index >= 15 is 0 Å². The van der Waals surface area contributed by atoms with Crippen molar-refractivity contribution < 1.29 is 17.6 Å². The lowest BCUT2D eigenvalue weighted by molar-refractivity contribution is 0.0917. The molecule has 0 bridgehead atoms. The number of halogens is 1. The van der Waals surface area contributed by atoms with Gasteiger partial charge in [0.25, 0.3) is 15.0 Å². The molecule has 1 rings (SSSR count). The van der Waals surface area contributed by atoms with Crippen molar-refractivity contribution in [2.24, 2.45) is 5.92 Å². The Morgan fingerprint density at radius 2 is 2.00 bits per heavy atom. The Bertz CT molecular complexity index is 546. The van der Waals surface area contributed by atoms with Gasteiger partial charge in [0, 0.05) is 23.3 Å². The molecule has 0 aromatic carbocycles. The van der Waals surface area contributed by atoms with Crippen LogP contribution in [0.1, 0.15) is 43.0 Å². The molecule has 1 amide bonds. The monoisotopic (exact) mass is 307 g/mol. The Labute approximate surface area is 117 Å². The van der Waals surface area contributed by atoms with Gasteiger partial charge in [0.2, 0.25) is 0 Å². The van der Waals surface area contributed by atoms with Crippen LogP contribution in [0.5, 0.6) is 0 Å². The van der Waals surface area contributed by atoms with Crippen molar-refractivity contribution in [1.29, 1.82) is 0 Å². The molecule has 5 nitrogen and oxygen atoms in total. The van der Waals surface area contributed by atoms with Crippen molar-refractivity contribution in [3.63, 3.8) is 0 Å². The third-order valence-corrected chi connectivity index (χ3v) is 4.49. The molecule has 0 aliphatic rings. The first-order valence-electron chi connectivity index (χ1n) is 6.12. The highest BCUT2D eigenvalue weighted by Crippen LogP contribution is 2.23. The average molecular weight is 308 g/mol. The standard InChI is InChI=1S/C12H18ClNO4S/c1-4-9(5-2)7-14-12(15)10-6-11(8(3)18-10)19(13,16)17/h6,9H,4-5,7H2,1-3H3,(H,14,15). The Morgan fingerprint density at radius 1 is 1.42 bits per heavy atom. The van der Waals surface area contributed by atoms with E-state index in [9.17, 15) is 13.2 Å². The highest BCUT2D eigenvalue weighted by molar-refractivity contribution is 8.13. The van der Waals surface area contributed by atoms with Crippen LogP contribution in [0.3, 0.4) is 0 Å². The summed E-state index contributed by atoms with van der Waals surface area (Å²) in [5.74, 6) is 0.0446. The lowest BCUT2D eigenvalue weighted by atomic mass is 10.0. The van der Waals surface area contributed by atoms with E-state index in [2.05, 4.69) is 19.2 Å². The van der Waals surface area contributed by atoms with Gasteiger partial charge in [-0.3, -0.25) is 4.79 Å². The third kappa shape index (κ3) is 4.24. The molecule has 0 atom stereocenters. The highest BCUT2D eigenvalue weighted by atomic mass is 35.7. The second-order valence-electron chi connectivity index (χ2n) is 4.36. The first-order valence-corrected chi connectivity index (χ1v) is 8.43. The Hall–Kier alpha value is -1.01. The van der Waals surface area contributed by atoms with Crippen LogP contribution in [0.4, 0.5) is 0 Å². The predicted molar refractivity (Wildman–Crippen MR) is 72.9 cm³/mol. The summed E-state index contributed by atoms with van der Waals surface area (Å²) in [7, 11) is 1.35. The molecule has 1 aromatic rings. The van der Waals surface area contributed by atoms with Crippen molar-refractivity contribution >= 4 is 25.6 Å². The molecule has 1 heterocycles. The van der Waals surface area contributed by atoms with Crippen molar-refractivity contribution in [2.45, 2.75) is 38.5 Å². The number of nitrogens with one attached hydrogen (secondary N) is 1. The minimum Gasteiger partial charge on any atom is -0.455 e. The molecule has 7 heteroatoms. The SMILES string of the molecule is CCC(CC)CNC(=O)c1cc(S(=O)(=O)Cl)c(C)o1. The van der Waals surface area contributed by atoms with Gasteiger partial charge in [0.15, 0.2) is 5.76 Å². The van der Waals surface area contributed by atoms with Crippen LogP contribution in [0.15, 0.2) is 15.4 Å². The number of carbonyl (C=O) groups excluding carboxylic acids is 1. The van der Waals surface area contributed by atoms with Gasteiger partial charge in [-0.2, -0.15) is 0 Å². The van der Waals surface area contributed by atoms with Gasteiger partial charge in [0.1, 0.15) is 10.7 Å². The summed E-state index contributed by atoms with van der Waals surface area (Å²) >= 11 is 0. The number of aryl methyl sites for hydroxylation is 1. The highest BCUT2D eigenvalue weighted by Gasteiger charge is 2.22. The van der Waals surface area contributed by atoms with Gasteiger partial charge in [0.05, 0.1) is 0 Å². The third-order valence-electron chi connectivity index (χ3n) is 3.06. The lowest BCUT2D eigenvalue weighted by Gasteiger charge is -2.12. The van der Waals surface area contributed by atoms with E-state index in [-0.39, 0.29) is 16.4 Å². The average Bonchev–Trinajstić information content (AvgIpc) is 2.72. The summed E-state index contributed by atoms with van der Waals surface area (Å²) in [5.41, 5.74) is 0. The van der Waals surface area contributed by atoms with Gasteiger partial charge in [-0.15, -0.1) is 0 Å². The summed E-state index contributed by atoms with van der Waals surface area (Å²) in [6.45, 7) is 6.09. The summed E-state index contributed by atoms with van der Waals surface area (Å²) in [5, 5.41) is 2.72. The zero-order valence-electron chi connectivity index (χ0n) is 11.2. The van der Waals surface area contributed by atoms with E-state index in [1.54, 1.807) is 0 Å². The van der Waals surface area contributed by atoms with E-state index < -0.39 is 15.0 Å². The van der Waals surface area contributed by atoms with Gasteiger partial charge >= 0.3 is 0 Å². The maximum absolute atomic E-state index is 11.8. The fourth-order valence-corrected chi connectivity index (χ4v) is 2.81. The van der Waals surface area contributed by atoms with Crippen LogP contribution in [-0.2, 0) is 9.05 Å². The molecule has 0 saturated heterocycles. The summed E-state index contributed by atoms with van der Waals surface area (Å²) in [6.07, 6.45) is 1.94. The van der Waals surface area contributed by atoms with Gasteiger partial charge in [-0.1, -0.05) is 26.7 Å². The van der Waals surface area contributed by atoms with E-state index in [0.29, 0.717) is 12.5 Å². The van der Waals surface area contributed by atoms with Crippen LogP contribution < -0.4 is 5.32 Å². The molecule has 0 saturated carbocycles. The largest absolute Gasteiger partial charge is 0.455 e. The molecule has 0 radical (unpaired) electrons. The Morgan fingerprint density at radius 3 is 2.42 bits per heavy atom. The zero-order chi connectivity index (χ0) is 14.6. The quantitative estimate of drug-likeness (QED) is 0.820. The Kier molecular flexibility index (Phi) is 5.43. The first-order chi connectivity index (χ1) is 8.79. The van der Waals surface area contributed by atoms with Crippen LogP contribution >= 0.6 is 10.7 Å². The maximum Gasteiger partial charge on any atom is 0.287 e. The van der Waals surface area contributed by atoms with Crippen LogP contribution in [0.25, 0.3) is 0 Å². The van der Waals surface area contributed by atoms with Gasteiger partial charge in [-0.25, -0.2) is 8.42 Å². The number of hydrogen-bond acceptors (Lipinski definition) is 4. The number of rotatable bonds is 6. The number of amides is 1. The summed E-state index contributed by atoms with van der Waals surface area (Å²) in [6, 6.07) is 1.15. The zero-order valence-corrected chi connectivity index (χ0v) is 12.8. The molecule has 0 fully saturated rings. The summed E-state index contributed by atoms with van der Waals surface area (Å²) in [4.78, 5) is 11.7. The van der Waals surface area contributed by atoms with E-state index in [0.717, 1.165) is 18.9 Å². The molecule has 1 aromatic heterocycles. The van der Waals surface area contributed by atoms with Crippen molar-refractivity contribution in [3.8, 4) is 0 Å². The number of carbonyl (C=O) groups is 1. The smallest absolute Gasteiger partial charge is 0.287 e. The fourth-order valence-electron chi connectivity index (χ4n) is 1.72.